The van der Waals surface area contributed by atoms with E-state index in [2.05, 4.69) is 5.32 Å². The van der Waals surface area contributed by atoms with Gasteiger partial charge in [-0.2, -0.15) is 0 Å². The first-order chi connectivity index (χ1) is 17.7. The largest absolute Gasteiger partial charge is 0.496 e. The van der Waals surface area contributed by atoms with Crippen LogP contribution in [-0.2, 0) is 16.0 Å². The molecule has 0 bridgehead atoms. The van der Waals surface area contributed by atoms with E-state index in [1.807, 2.05) is 55.5 Å². The SMILES string of the molecule is CCCCOC(=O)C(C)(C)Oc1ccc(-c2ccc(CCNC(=O)c3cc(Cl)ccc3OC)cc2)cc1. The van der Waals surface area contributed by atoms with Crippen molar-refractivity contribution in [3.8, 4) is 22.6 Å². The van der Waals surface area contributed by atoms with Crippen LogP contribution >= 0.6 is 11.6 Å². The van der Waals surface area contributed by atoms with Gasteiger partial charge in [0.25, 0.3) is 5.91 Å². The highest BCUT2D eigenvalue weighted by Gasteiger charge is 2.31. The Morgan fingerprint density at radius 2 is 1.59 bits per heavy atom. The summed E-state index contributed by atoms with van der Waals surface area (Å²) in [7, 11) is 1.52. The minimum Gasteiger partial charge on any atom is -0.496 e. The van der Waals surface area contributed by atoms with Crippen molar-refractivity contribution in [1.82, 2.24) is 5.32 Å². The summed E-state index contributed by atoms with van der Waals surface area (Å²) in [5, 5.41) is 3.40. The topological polar surface area (TPSA) is 73.9 Å². The van der Waals surface area contributed by atoms with Crippen molar-refractivity contribution in [3.05, 3.63) is 82.9 Å². The maximum Gasteiger partial charge on any atom is 0.349 e. The number of ether oxygens (including phenoxy) is 3. The summed E-state index contributed by atoms with van der Waals surface area (Å²) in [5.74, 6) is 0.488. The van der Waals surface area contributed by atoms with Gasteiger partial charge in [0, 0.05) is 11.6 Å². The quantitative estimate of drug-likeness (QED) is 0.217. The minimum absolute atomic E-state index is 0.226. The molecule has 0 saturated carbocycles. The predicted octanol–water partition coefficient (Wildman–Crippen LogP) is 6.49. The molecular weight excluding hydrogens is 490 g/mol. The number of nitrogens with one attached hydrogen (secondary N) is 1. The van der Waals surface area contributed by atoms with E-state index in [-0.39, 0.29) is 11.9 Å². The third kappa shape index (κ3) is 7.99. The Bertz CT molecular complexity index is 1190. The van der Waals surface area contributed by atoms with E-state index in [0.29, 0.717) is 41.7 Å². The normalized spacial score (nSPS) is 11.1. The molecule has 0 unspecified atom stereocenters. The van der Waals surface area contributed by atoms with Crippen molar-refractivity contribution >= 4 is 23.5 Å². The third-order valence-electron chi connectivity index (χ3n) is 5.84. The van der Waals surface area contributed by atoms with Crippen LogP contribution in [0, 0.1) is 0 Å². The Morgan fingerprint density at radius 3 is 2.22 bits per heavy atom. The van der Waals surface area contributed by atoms with Crippen molar-refractivity contribution in [2.24, 2.45) is 0 Å². The molecule has 1 amide bonds. The molecule has 7 heteroatoms. The van der Waals surface area contributed by atoms with Crippen LogP contribution in [0.15, 0.2) is 66.7 Å². The zero-order valence-corrected chi connectivity index (χ0v) is 22.6. The molecule has 37 heavy (non-hydrogen) atoms. The maximum absolute atomic E-state index is 12.5. The molecule has 3 rings (SSSR count). The molecule has 0 atom stereocenters. The van der Waals surface area contributed by atoms with E-state index in [4.69, 9.17) is 25.8 Å². The summed E-state index contributed by atoms with van der Waals surface area (Å²) in [6.45, 7) is 6.35. The molecule has 6 nitrogen and oxygen atoms in total. The van der Waals surface area contributed by atoms with Gasteiger partial charge in [0.1, 0.15) is 11.5 Å². The summed E-state index contributed by atoms with van der Waals surface area (Å²) in [4.78, 5) is 24.8. The lowest BCUT2D eigenvalue weighted by Crippen LogP contribution is -2.39. The maximum atomic E-state index is 12.5. The number of rotatable bonds is 12. The molecule has 0 aliphatic rings. The molecule has 0 saturated heterocycles. The van der Waals surface area contributed by atoms with Crippen LogP contribution in [-0.4, -0.2) is 37.7 Å². The molecule has 0 aromatic heterocycles. The van der Waals surface area contributed by atoms with E-state index in [1.165, 1.54) is 7.11 Å². The summed E-state index contributed by atoms with van der Waals surface area (Å²) in [6, 6.07) is 20.8. The average Bonchev–Trinajstić information content (AvgIpc) is 2.89. The van der Waals surface area contributed by atoms with Crippen LogP contribution in [0.1, 0.15) is 49.5 Å². The first-order valence-corrected chi connectivity index (χ1v) is 12.8. The second kappa shape index (κ2) is 13.2. The molecule has 0 aliphatic heterocycles. The zero-order valence-electron chi connectivity index (χ0n) is 21.8. The monoisotopic (exact) mass is 523 g/mol. The highest BCUT2D eigenvalue weighted by Crippen LogP contribution is 2.26. The van der Waals surface area contributed by atoms with Crippen LogP contribution in [0.4, 0.5) is 0 Å². The third-order valence-corrected chi connectivity index (χ3v) is 6.08. The number of halogens is 1. The lowest BCUT2D eigenvalue weighted by Gasteiger charge is -2.24. The number of unbranched alkanes of at least 4 members (excludes halogenated alkanes) is 1. The number of carbonyl (C=O) groups is 2. The van der Waals surface area contributed by atoms with Gasteiger partial charge in [0.2, 0.25) is 0 Å². The van der Waals surface area contributed by atoms with E-state index in [9.17, 15) is 9.59 Å². The van der Waals surface area contributed by atoms with Gasteiger partial charge >= 0.3 is 5.97 Å². The van der Waals surface area contributed by atoms with Crippen LogP contribution < -0.4 is 14.8 Å². The van der Waals surface area contributed by atoms with Gasteiger partial charge in [-0.3, -0.25) is 4.79 Å². The van der Waals surface area contributed by atoms with E-state index in [1.54, 1.807) is 32.0 Å². The van der Waals surface area contributed by atoms with Gasteiger partial charge in [-0.15, -0.1) is 0 Å². The summed E-state index contributed by atoms with van der Waals surface area (Å²) in [6.07, 6.45) is 2.49. The smallest absolute Gasteiger partial charge is 0.349 e. The summed E-state index contributed by atoms with van der Waals surface area (Å²) < 4.78 is 16.5. The number of esters is 1. The number of hydrogen-bond donors (Lipinski definition) is 1. The van der Waals surface area contributed by atoms with Crippen LogP contribution in [0.5, 0.6) is 11.5 Å². The van der Waals surface area contributed by atoms with Crippen LogP contribution in [0.3, 0.4) is 0 Å². The van der Waals surface area contributed by atoms with Crippen molar-refractivity contribution in [3.63, 3.8) is 0 Å². The lowest BCUT2D eigenvalue weighted by molar-refractivity contribution is -0.159. The number of carbonyl (C=O) groups excluding carboxylic acids is 2. The standard InChI is InChI=1S/C30H34ClNO5/c1-5-6-19-36-29(34)30(2,3)37-25-14-11-23(12-15-25)22-9-7-21(8-10-22)17-18-32-28(33)26-20-24(31)13-16-27(26)35-4/h7-16,20H,5-6,17-19H2,1-4H3,(H,32,33). The van der Waals surface area contributed by atoms with Gasteiger partial charge in [0.05, 0.1) is 19.3 Å². The Balaban J connectivity index is 1.53. The zero-order chi connectivity index (χ0) is 26.8. The molecule has 0 radical (unpaired) electrons. The Kier molecular flexibility index (Phi) is 9.98. The number of hydrogen-bond acceptors (Lipinski definition) is 5. The molecule has 3 aromatic carbocycles. The number of amides is 1. The summed E-state index contributed by atoms with van der Waals surface area (Å²) in [5.41, 5.74) is 2.54. The fourth-order valence-electron chi connectivity index (χ4n) is 3.67. The first kappa shape index (κ1) is 28.1. The Hall–Kier alpha value is -3.51. The number of methoxy groups -OCH3 is 1. The first-order valence-electron chi connectivity index (χ1n) is 12.4. The molecule has 196 valence electrons. The van der Waals surface area contributed by atoms with Gasteiger partial charge < -0.3 is 19.5 Å². The molecule has 1 N–H and O–H groups in total. The fourth-order valence-corrected chi connectivity index (χ4v) is 3.84. The van der Waals surface area contributed by atoms with Gasteiger partial charge in [-0.1, -0.05) is 61.3 Å². The van der Waals surface area contributed by atoms with Crippen LogP contribution in [0.25, 0.3) is 11.1 Å². The molecule has 0 aliphatic carbocycles. The highest BCUT2D eigenvalue weighted by atomic mass is 35.5. The number of benzene rings is 3. The van der Waals surface area contributed by atoms with Crippen molar-refractivity contribution < 1.29 is 23.8 Å². The van der Waals surface area contributed by atoms with Gasteiger partial charge in [-0.05, 0) is 73.7 Å². The molecule has 0 spiro atoms. The lowest BCUT2D eigenvalue weighted by atomic mass is 10.0. The van der Waals surface area contributed by atoms with Crippen molar-refractivity contribution in [1.29, 1.82) is 0 Å². The Labute approximate surface area is 223 Å². The van der Waals surface area contributed by atoms with Gasteiger partial charge in [-0.25, -0.2) is 4.79 Å². The van der Waals surface area contributed by atoms with E-state index < -0.39 is 5.60 Å². The minimum atomic E-state index is -1.07. The van der Waals surface area contributed by atoms with Crippen LogP contribution in [0.2, 0.25) is 5.02 Å². The van der Waals surface area contributed by atoms with E-state index >= 15 is 0 Å². The predicted molar refractivity (Wildman–Crippen MR) is 146 cm³/mol. The molecule has 0 fully saturated rings. The molecular formula is C30H34ClNO5. The second-order valence-electron chi connectivity index (χ2n) is 9.17. The second-order valence-corrected chi connectivity index (χ2v) is 9.61. The van der Waals surface area contributed by atoms with Crippen molar-refractivity contribution in [2.75, 3.05) is 20.3 Å². The highest BCUT2D eigenvalue weighted by molar-refractivity contribution is 6.31. The Morgan fingerprint density at radius 1 is 0.946 bits per heavy atom. The fraction of sp³-hybridized carbons (Fsp3) is 0.333. The molecule has 3 aromatic rings. The molecule has 0 heterocycles. The summed E-state index contributed by atoms with van der Waals surface area (Å²) >= 11 is 6.02. The van der Waals surface area contributed by atoms with Gasteiger partial charge in [0.15, 0.2) is 5.60 Å². The average molecular weight is 524 g/mol. The van der Waals surface area contributed by atoms with Crippen molar-refractivity contribution in [2.45, 2.75) is 45.6 Å². The van der Waals surface area contributed by atoms with E-state index in [0.717, 1.165) is 29.5 Å².